The van der Waals surface area contributed by atoms with E-state index in [1.165, 1.54) is 19.3 Å². The van der Waals surface area contributed by atoms with E-state index >= 15 is 0 Å². The monoisotopic (exact) mass is 293 g/mol. The van der Waals surface area contributed by atoms with Crippen LogP contribution in [0.3, 0.4) is 0 Å². The van der Waals surface area contributed by atoms with Crippen molar-refractivity contribution in [2.45, 2.75) is 57.5 Å². The lowest BCUT2D eigenvalue weighted by Gasteiger charge is -2.36. The number of hydrogen-bond acceptors (Lipinski definition) is 5. The smallest absolute Gasteiger partial charge is 0.226 e. The number of methoxy groups -OCH3 is 1. The quantitative estimate of drug-likeness (QED) is 0.904. The van der Waals surface area contributed by atoms with Crippen LogP contribution in [-0.4, -0.2) is 30.3 Å². The van der Waals surface area contributed by atoms with E-state index in [1.807, 2.05) is 0 Å². The Balaban J connectivity index is 1.64. The molecule has 118 valence electrons. The summed E-state index contributed by atoms with van der Waals surface area (Å²) < 4.78 is 11.3. The summed E-state index contributed by atoms with van der Waals surface area (Å²) in [6.07, 6.45) is 7.71. The van der Waals surface area contributed by atoms with E-state index < -0.39 is 0 Å². The summed E-state index contributed by atoms with van der Waals surface area (Å²) in [5, 5.41) is 7.63. The maximum atomic E-state index is 5.83. The van der Waals surface area contributed by atoms with Crippen LogP contribution < -0.4 is 5.32 Å². The fourth-order valence-electron chi connectivity index (χ4n) is 3.81. The van der Waals surface area contributed by atoms with Gasteiger partial charge in [-0.05, 0) is 57.0 Å². The van der Waals surface area contributed by atoms with Gasteiger partial charge in [0.15, 0.2) is 0 Å². The molecule has 2 heterocycles. The maximum Gasteiger partial charge on any atom is 0.226 e. The van der Waals surface area contributed by atoms with Crippen LogP contribution in [0, 0.1) is 11.8 Å². The van der Waals surface area contributed by atoms with Gasteiger partial charge in [-0.15, -0.1) is 0 Å². The molecule has 1 aromatic rings. The molecule has 5 heteroatoms. The Morgan fingerprint density at radius 1 is 1.43 bits per heavy atom. The van der Waals surface area contributed by atoms with Gasteiger partial charge in [0, 0.05) is 13.5 Å². The van der Waals surface area contributed by atoms with E-state index in [1.54, 1.807) is 7.11 Å². The Labute approximate surface area is 126 Å². The molecule has 1 N–H and O–H groups in total. The summed E-state index contributed by atoms with van der Waals surface area (Å²) in [5.74, 6) is 2.94. The zero-order chi connectivity index (χ0) is 14.7. The van der Waals surface area contributed by atoms with Crippen LogP contribution in [0.4, 0.5) is 0 Å². The summed E-state index contributed by atoms with van der Waals surface area (Å²) in [6, 6.07) is 0. The molecule has 0 amide bonds. The molecule has 2 aliphatic rings. The van der Waals surface area contributed by atoms with Crippen LogP contribution in [0.15, 0.2) is 4.52 Å². The molecular weight excluding hydrogens is 266 g/mol. The van der Waals surface area contributed by atoms with Gasteiger partial charge in [0.2, 0.25) is 11.7 Å². The summed E-state index contributed by atoms with van der Waals surface area (Å²) in [4.78, 5) is 4.65. The lowest BCUT2D eigenvalue weighted by atomic mass is 9.78. The van der Waals surface area contributed by atoms with Crippen LogP contribution in [0.1, 0.15) is 57.2 Å². The maximum absolute atomic E-state index is 5.83. The number of aryl methyl sites for hydroxylation is 1. The molecule has 3 unspecified atom stereocenters. The number of aromatic nitrogens is 2. The Morgan fingerprint density at radius 2 is 2.33 bits per heavy atom. The molecule has 1 aromatic heterocycles. The van der Waals surface area contributed by atoms with Crippen molar-refractivity contribution in [3.63, 3.8) is 0 Å². The Kier molecular flexibility index (Phi) is 4.60. The third-order valence-corrected chi connectivity index (χ3v) is 5.15. The molecule has 1 aliphatic heterocycles. The Bertz CT molecular complexity index is 456. The van der Waals surface area contributed by atoms with Gasteiger partial charge in [0.05, 0.1) is 0 Å². The fourth-order valence-corrected chi connectivity index (χ4v) is 3.81. The number of nitrogens with zero attached hydrogens (tertiary/aromatic N) is 2. The second-order valence-corrected chi connectivity index (χ2v) is 6.81. The average molecular weight is 293 g/mol. The van der Waals surface area contributed by atoms with Crippen molar-refractivity contribution in [2.75, 3.05) is 20.2 Å². The van der Waals surface area contributed by atoms with E-state index in [0.29, 0.717) is 5.92 Å². The third kappa shape index (κ3) is 3.29. The molecular formula is C16H27N3O2. The fraction of sp³-hybridized carbons (Fsp3) is 0.875. The third-order valence-electron chi connectivity index (χ3n) is 5.15. The second kappa shape index (κ2) is 6.44. The van der Waals surface area contributed by atoms with Gasteiger partial charge in [-0.3, -0.25) is 0 Å². The topological polar surface area (TPSA) is 60.2 Å². The van der Waals surface area contributed by atoms with E-state index in [2.05, 4.69) is 22.4 Å². The first-order valence-electron chi connectivity index (χ1n) is 8.31. The minimum atomic E-state index is -0.325. The van der Waals surface area contributed by atoms with Crippen LogP contribution in [0.2, 0.25) is 0 Å². The lowest BCUT2D eigenvalue weighted by molar-refractivity contribution is -0.0658. The summed E-state index contributed by atoms with van der Waals surface area (Å²) >= 11 is 0. The number of rotatable bonds is 5. The lowest BCUT2D eigenvalue weighted by Crippen LogP contribution is -2.35. The SMILES string of the molecule is COC1(c2noc(CCC3CCNC3)n2)CCCC(C)C1. The highest BCUT2D eigenvalue weighted by Crippen LogP contribution is 2.41. The molecule has 1 saturated heterocycles. The Morgan fingerprint density at radius 3 is 3.05 bits per heavy atom. The molecule has 2 fully saturated rings. The number of hydrogen-bond donors (Lipinski definition) is 1. The van der Waals surface area contributed by atoms with Crippen LogP contribution in [0.25, 0.3) is 0 Å². The minimum Gasteiger partial charge on any atom is -0.370 e. The van der Waals surface area contributed by atoms with Crippen molar-refractivity contribution in [1.82, 2.24) is 15.5 Å². The summed E-state index contributed by atoms with van der Waals surface area (Å²) in [6.45, 7) is 4.55. The standard InChI is InChI=1S/C16H27N3O2/c1-12-4-3-8-16(10-12,20-2)15-18-14(21-19-15)6-5-13-7-9-17-11-13/h12-13,17H,3-11H2,1-2H3. The van der Waals surface area contributed by atoms with E-state index in [-0.39, 0.29) is 5.60 Å². The first-order valence-corrected chi connectivity index (χ1v) is 8.31. The zero-order valence-electron chi connectivity index (χ0n) is 13.2. The van der Waals surface area contributed by atoms with E-state index in [0.717, 1.165) is 56.4 Å². The van der Waals surface area contributed by atoms with Crippen molar-refractivity contribution in [3.05, 3.63) is 11.7 Å². The Hall–Kier alpha value is -0.940. The minimum absolute atomic E-state index is 0.325. The van der Waals surface area contributed by atoms with Gasteiger partial charge >= 0.3 is 0 Å². The first kappa shape index (κ1) is 15.0. The summed E-state index contributed by atoms with van der Waals surface area (Å²) in [5.41, 5.74) is -0.325. The van der Waals surface area contributed by atoms with Gasteiger partial charge in [-0.25, -0.2) is 0 Å². The predicted molar refractivity (Wildman–Crippen MR) is 79.9 cm³/mol. The molecule has 1 saturated carbocycles. The molecule has 5 nitrogen and oxygen atoms in total. The molecule has 0 spiro atoms. The number of nitrogens with one attached hydrogen (secondary N) is 1. The largest absolute Gasteiger partial charge is 0.370 e. The van der Waals surface area contributed by atoms with Gasteiger partial charge in [-0.2, -0.15) is 4.98 Å². The second-order valence-electron chi connectivity index (χ2n) is 6.81. The van der Waals surface area contributed by atoms with Gasteiger partial charge < -0.3 is 14.6 Å². The molecule has 0 bridgehead atoms. The molecule has 3 rings (SSSR count). The molecule has 3 atom stereocenters. The van der Waals surface area contributed by atoms with Crippen LogP contribution in [0.5, 0.6) is 0 Å². The van der Waals surface area contributed by atoms with Gasteiger partial charge in [0.1, 0.15) is 5.60 Å². The highest BCUT2D eigenvalue weighted by Gasteiger charge is 2.40. The molecule has 0 aromatic carbocycles. The van der Waals surface area contributed by atoms with Crippen molar-refractivity contribution < 1.29 is 9.26 Å². The highest BCUT2D eigenvalue weighted by atomic mass is 16.5. The van der Waals surface area contributed by atoms with E-state index in [4.69, 9.17) is 9.26 Å². The van der Waals surface area contributed by atoms with Gasteiger partial charge in [-0.1, -0.05) is 18.5 Å². The van der Waals surface area contributed by atoms with Crippen molar-refractivity contribution in [1.29, 1.82) is 0 Å². The predicted octanol–water partition coefficient (Wildman–Crippen LogP) is 2.66. The van der Waals surface area contributed by atoms with E-state index in [9.17, 15) is 0 Å². The molecule has 21 heavy (non-hydrogen) atoms. The summed E-state index contributed by atoms with van der Waals surface area (Å²) in [7, 11) is 1.78. The molecule has 0 radical (unpaired) electrons. The molecule has 1 aliphatic carbocycles. The van der Waals surface area contributed by atoms with Crippen molar-refractivity contribution in [3.8, 4) is 0 Å². The van der Waals surface area contributed by atoms with Crippen molar-refractivity contribution >= 4 is 0 Å². The van der Waals surface area contributed by atoms with Crippen LogP contribution in [-0.2, 0) is 16.8 Å². The zero-order valence-corrected chi connectivity index (χ0v) is 13.2. The first-order chi connectivity index (χ1) is 10.2. The normalized spacial score (nSPS) is 33.4. The average Bonchev–Trinajstić information content (AvgIpc) is 3.16. The highest BCUT2D eigenvalue weighted by molar-refractivity contribution is 5.04. The van der Waals surface area contributed by atoms with Crippen molar-refractivity contribution in [2.24, 2.45) is 11.8 Å². The van der Waals surface area contributed by atoms with Gasteiger partial charge in [0.25, 0.3) is 0 Å². The number of ether oxygens (including phenoxy) is 1. The van der Waals surface area contributed by atoms with Crippen LogP contribution >= 0.6 is 0 Å².